The van der Waals surface area contributed by atoms with Gasteiger partial charge in [0.25, 0.3) is 0 Å². The minimum absolute atomic E-state index is 0.0195. The number of carboxylic acids is 1. The molecule has 0 aliphatic heterocycles. The van der Waals surface area contributed by atoms with Gasteiger partial charge in [-0.1, -0.05) is 24.3 Å². The van der Waals surface area contributed by atoms with E-state index in [2.05, 4.69) is 9.72 Å². The molecule has 0 radical (unpaired) electrons. The van der Waals surface area contributed by atoms with Crippen molar-refractivity contribution in [1.29, 1.82) is 0 Å². The first-order valence-corrected chi connectivity index (χ1v) is 8.66. The molecule has 0 fully saturated rings. The number of hydrogen-bond donors (Lipinski definition) is 1. The monoisotopic (exact) mass is 375 g/mol. The number of allylic oxidation sites excluding steroid dienone is 1. The summed E-state index contributed by atoms with van der Waals surface area (Å²) in [7, 11) is 0. The van der Waals surface area contributed by atoms with Gasteiger partial charge in [-0.15, -0.1) is 11.3 Å². The van der Waals surface area contributed by atoms with E-state index in [0.717, 1.165) is 26.4 Å². The summed E-state index contributed by atoms with van der Waals surface area (Å²) in [6, 6.07) is 13.9. The molecule has 0 spiro atoms. The lowest BCUT2D eigenvalue weighted by Crippen LogP contribution is -2.01. The van der Waals surface area contributed by atoms with E-state index in [1.165, 1.54) is 23.5 Å². The molecule has 0 atom stereocenters. The summed E-state index contributed by atoms with van der Waals surface area (Å²) < 4.78 is 29.8. The normalized spacial score (nSPS) is 11.9. The number of carboxylic acid groups (broad SMARTS) is 1. The Labute approximate surface area is 152 Å². The molecule has 134 valence electrons. The molecule has 0 bridgehead atoms. The average molecular weight is 375 g/mol. The number of fused-ring (bicyclic) bond motifs is 1. The van der Waals surface area contributed by atoms with Crippen LogP contribution < -0.4 is 4.74 Å². The number of nitrogens with zero attached hydrogens (tertiary/aromatic N) is 1. The molecule has 3 aromatic rings. The van der Waals surface area contributed by atoms with Crippen LogP contribution in [0.4, 0.5) is 8.78 Å². The Morgan fingerprint density at radius 3 is 2.54 bits per heavy atom. The molecule has 1 heterocycles. The van der Waals surface area contributed by atoms with Crippen molar-refractivity contribution in [1.82, 2.24) is 4.98 Å². The lowest BCUT2D eigenvalue weighted by Gasteiger charge is -2.06. The molecule has 0 unspecified atom stereocenters. The van der Waals surface area contributed by atoms with Crippen LogP contribution in [0.1, 0.15) is 23.4 Å². The summed E-state index contributed by atoms with van der Waals surface area (Å²) in [5, 5.41) is 9.75. The van der Waals surface area contributed by atoms with Crippen LogP contribution in [0, 0.1) is 0 Å². The molecule has 26 heavy (non-hydrogen) atoms. The number of thiazole rings is 1. The van der Waals surface area contributed by atoms with Gasteiger partial charge in [-0.05, 0) is 47.9 Å². The third-order valence-electron chi connectivity index (χ3n) is 3.62. The number of halogens is 2. The predicted molar refractivity (Wildman–Crippen MR) is 97.4 cm³/mol. The number of para-hydroxylation sites is 1. The fourth-order valence-electron chi connectivity index (χ4n) is 2.44. The highest BCUT2D eigenvalue weighted by atomic mass is 32.1. The average Bonchev–Trinajstić information content (AvgIpc) is 3.03. The highest BCUT2D eigenvalue weighted by molar-refractivity contribution is 7.19. The van der Waals surface area contributed by atoms with Gasteiger partial charge in [-0.3, -0.25) is 4.79 Å². The molecule has 0 aliphatic carbocycles. The minimum Gasteiger partial charge on any atom is -0.481 e. The quantitative estimate of drug-likeness (QED) is 0.608. The molecule has 4 nitrogen and oxygen atoms in total. The number of rotatable bonds is 7. The SMILES string of the molecule is O=C(O)CCC(=Cc1ccc(OC(F)F)cc1)c1nc2ccccc2s1. The molecule has 2 aromatic carbocycles. The Morgan fingerprint density at radius 1 is 1.15 bits per heavy atom. The van der Waals surface area contributed by atoms with Crippen molar-refractivity contribution in [3.8, 4) is 5.75 Å². The van der Waals surface area contributed by atoms with E-state index in [-0.39, 0.29) is 12.2 Å². The van der Waals surface area contributed by atoms with Gasteiger partial charge in [-0.2, -0.15) is 8.78 Å². The van der Waals surface area contributed by atoms with Crippen molar-refractivity contribution in [2.75, 3.05) is 0 Å². The molecular formula is C19H15F2NO3S. The van der Waals surface area contributed by atoms with Crippen LogP contribution in [0.3, 0.4) is 0 Å². The van der Waals surface area contributed by atoms with Crippen LogP contribution >= 0.6 is 11.3 Å². The maximum Gasteiger partial charge on any atom is 0.387 e. The number of carbonyl (C=O) groups is 1. The van der Waals surface area contributed by atoms with Crippen molar-refractivity contribution >= 4 is 39.2 Å². The lowest BCUT2D eigenvalue weighted by molar-refractivity contribution is -0.136. The van der Waals surface area contributed by atoms with Crippen LogP contribution in [0.5, 0.6) is 5.75 Å². The maximum absolute atomic E-state index is 12.2. The summed E-state index contributed by atoms with van der Waals surface area (Å²) in [6.07, 6.45) is 2.13. The maximum atomic E-state index is 12.2. The number of hydrogen-bond acceptors (Lipinski definition) is 4. The summed E-state index contributed by atoms with van der Waals surface area (Å²) in [5.74, 6) is -0.818. The Morgan fingerprint density at radius 2 is 1.88 bits per heavy atom. The molecule has 3 rings (SSSR count). The molecule has 0 aliphatic rings. The Kier molecular flexibility index (Phi) is 5.58. The molecule has 1 N–H and O–H groups in total. The smallest absolute Gasteiger partial charge is 0.387 e. The Balaban J connectivity index is 1.92. The number of aromatic nitrogens is 1. The predicted octanol–water partition coefficient (Wildman–Crippen LogP) is 5.30. The Bertz CT molecular complexity index is 902. The largest absolute Gasteiger partial charge is 0.481 e. The van der Waals surface area contributed by atoms with E-state index < -0.39 is 12.6 Å². The van der Waals surface area contributed by atoms with Crippen molar-refractivity contribution in [3.63, 3.8) is 0 Å². The highest BCUT2D eigenvalue weighted by Gasteiger charge is 2.11. The van der Waals surface area contributed by atoms with Gasteiger partial charge >= 0.3 is 12.6 Å². The molecule has 0 amide bonds. The van der Waals surface area contributed by atoms with Gasteiger partial charge < -0.3 is 9.84 Å². The fraction of sp³-hybridized carbons (Fsp3) is 0.158. The zero-order valence-corrected chi connectivity index (χ0v) is 14.4. The van der Waals surface area contributed by atoms with Crippen molar-refractivity contribution in [2.45, 2.75) is 19.5 Å². The third kappa shape index (κ3) is 4.64. The molecular weight excluding hydrogens is 360 g/mol. The van der Waals surface area contributed by atoms with Gasteiger partial charge in [0.2, 0.25) is 0 Å². The van der Waals surface area contributed by atoms with E-state index in [1.54, 1.807) is 12.1 Å². The second kappa shape index (κ2) is 8.05. The van der Waals surface area contributed by atoms with Gasteiger partial charge in [0.1, 0.15) is 10.8 Å². The van der Waals surface area contributed by atoms with Gasteiger partial charge in [0.05, 0.1) is 10.2 Å². The molecule has 7 heteroatoms. The molecule has 0 saturated carbocycles. The van der Waals surface area contributed by atoms with E-state index in [1.807, 2.05) is 30.3 Å². The first kappa shape index (κ1) is 18.0. The van der Waals surface area contributed by atoms with Gasteiger partial charge in [-0.25, -0.2) is 4.98 Å². The van der Waals surface area contributed by atoms with Crippen molar-refractivity contribution in [2.24, 2.45) is 0 Å². The molecule has 0 saturated heterocycles. The lowest BCUT2D eigenvalue weighted by atomic mass is 10.1. The first-order chi connectivity index (χ1) is 12.5. The fourth-order valence-corrected chi connectivity index (χ4v) is 3.45. The first-order valence-electron chi connectivity index (χ1n) is 7.84. The third-order valence-corrected chi connectivity index (χ3v) is 4.73. The zero-order valence-electron chi connectivity index (χ0n) is 13.6. The number of alkyl halides is 2. The van der Waals surface area contributed by atoms with Gasteiger partial charge in [0.15, 0.2) is 0 Å². The number of aliphatic carboxylic acids is 1. The van der Waals surface area contributed by atoms with E-state index in [4.69, 9.17) is 5.11 Å². The number of ether oxygens (including phenoxy) is 1. The van der Waals surface area contributed by atoms with Crippen LogP contribution in [0.2, 0.25) is 0 Å². The second-order valence-electron chi connectivity index (χ2n) is 5.50. The van der Waals surface area contributed by atoms with E-state index >= 15 is 0 Å². The minimum atomic E-state index is -2.87. The zero-order chi connectivity index (χ0) is 18.5. The number of benzene rings is 2. The Hall–Kier alpha value is -2.80. The highest BCUT2D eigenvalue weighted by Crippen LogP contribution is 2.31. The van der Waals surface area contributed by atoms with E-state index in [9.17, 15) is 13.6 Å². The van der Waals surface area contributed by atoms with Crippen LogP contribution in [-0.4, -0.2) is 22.7 Å². The van der Waals surface area contributed by atoms with Crippen molar-refractivity contribution < 1.29 is 23.4 Å². The summed E-state index contributed by atoms with van der Waals surface area (Å²) in [4.78, 5) is 15.6. The van der Waals surface area contributed by atoms with Crippen LogP contribution in [-0.2, 0) is 4.79 Å². The standard InChI is InChI=1S/C19H15F2NO3S/c20-19(21)25-14-8-5-12(6-9-14)11-13(7-10-17(23)24)18-22-15-3-1-2-4-16(15)26-18/h1-6,8-9,11,19H,7,10H2,(H,23,24). The van der Waals surface area contributed by atoms with Gasteiger partial charge in [0, 0.05) is 6.42 Å². The van der Waals surface area contributed by atoms with Crippen molar-refractivity contribution in [3.05, 3.63) is 59.1 Å². The topological polar surface area (TPSA) is 59.4 Å². The summed E-state index contributed by atoms with van der Waals surface area (Å²) in [5.41, 5.74) is 2.40. The van der Waals surface area contributed by atoms with E-state index in [0.29, 0.717) is 6.42 Å². The van der Waals surface area contributed by atoms with Crippen LogP contribution in [0.15, 0.2) is 48.5 Å². The molecule has 1 aromatic heterocycles. The summed E-state index contributed by atoms with van der Waals surface area (Å²) >= 11 is 1.49. The van der Waals surface area contributed by atoms with Crippen LogP contribution in [0.25, 0.3) is 21.9 Å². The summed E-state index contributed by atoms with van der Waals surface area (Å²) in [6.45, 7) is -2.87. The second-order valence-corrected chi connectivity index (χ2v) is 6.53.